The molecule has 0 aliphatic heterocycles. The smallest absolute Gasteiger partial charge is 0.147 e. The maximum atomic E-state index is 10.9. The first-order valence-corrected chi connectivity index (χ1v) is 8.39. The summed E-state index contributed by atoms with van der Waals surface area (Å²) < 4.78 is 0. The third kappa shape index (κ3) is 3.07. The fourth-order valence-corrected chi connectivity index (χ4v) is 3.05. The van der Waals surface area contributed by atoms with Crippen molar-refractivity contribution >= 4 is 16.7 Å². The number of aromatic hydroxyl groups is 1. The Morgan fingerprint density at radius 2 is 1.77 bits per heavy atom. The van der Waals surface area contributed by atoms with Crippen LogP contribution in [0.1, 0.15) is 22.9 Å². The van der Waals surface area contributed by atoms with Gasteiger partial charge in [-0.1, -0.05) is 24.3 Å². The second-order valence-electron chi connectivity index (χ2n) is 6.10. The molecule has 1 atom stereocenters. The molecule has 4 aromatic rings. The minimum Gasteiger partial charge on any atom is -0.505 e. The van der Waals surface area contributed by atoms with E-state index in [0.717, 1.165) is 28.0 Å². The van der Waals surface area contributed by atoms with Crippen LogP contribution in [0.2, 0.25) is 0 Å². The van der Waals surface area contributed by atoms with Crippen molar-refractivity contribution in [2.24, 2.45) is 0 Å². The minimum absolute atomic E-state index is 0.171. The summed E-state index contributed by atoms with van der Waals surface area (Å²) in [5.41, 5.74) is 3.23. The van der Waals surface area contributed by atoms with Crippen molar-refractivity contribution < 1.29 is 5.11 Å². The van der Waals surface area contributed by atoms with E-state index < -0.39 is 0 Å². The van der Waals surface area contributed by atoms with Gasteiger partial charge in [-0.15, -0.1) is 0 Å². The van der Waals surface area contributed by atoms with E-state index in [9.17, 15) is 5.11 Å². The SMILES string of the molecule is Cc1cccc(N[C@H](c2ccncc2)c2ccc3cccnc3c2O)n1. The Hall–Kier alpha value is -3.47. The zero-order chi connectivity index (χ0) is 17.9. The fourth-order valence-electron chi connectivity index (χ4n) is 3.05. The lowest BCUT2D eigenvalue weighted by Crippen LogP contribution is -2.14. The van der Waals surface area contributed by atoms with Gasteiger partial charge in [0.15, 0.2) is 0 Å². The van der Waals surface area contributed by atoms with Crippen molar-refractivity contribution in [3.05, 3.63) is 90.0 Å². The van der Waals surface area contributed by atoms with E-state index in [1.165, 1.54) is 0 Å². The summed E-state index contributed by atoms with van der Waals surface area (Å²) in [4.78, 5) is 13.0. The van der Waals surface area contributed by atoms with Gasteiger partial charge in [-0.2, -0.15) is 0 Å². The van der Waals surface area contributed by atoms with E-state index in [1.54, 1.807) is 18.6 Å². The molecule has 0 saturated carbocycles. The van der Waals surface area contributed by atoms with Crippen LogP contribution in [0.4, 0.5) is 5.82 Å². The number of aromatic nitrogens is 3. The molecule has 128 valence electrons. The van der Waals surface area contributed by atoms with E-state index in [2.05, 4.69) is 20.3 Å². The third-order valence-corrected chi connectivity index (χ3v) is 4.31. The summed E-state index contributed by atoms with van der Waals surface area (Å²) in [6, 6.07) is 17.1. The predicted octanol–water partition coefficient (Wildman–Crippen LogP) is 4.24. The van der Waals surface area contributed by atoms with Crippen LogP contribution in [0.3, 0.4) is 0 Å². The number of hydrogen-bond acceptors (Lipinski definition) is 5. The van der Waals surface area contributed by atoms with Crippen LogP contribution in [-0.2, 0) is 0 Å². The van der Waals surface area contributed by atoms with Gasteiger partial charge in [0.05, 0.1) is 6.04 Å². The maximum absolute atomic E-state index is 10.9. The Labute approximate surface area is 151 Å². The predicted molar refractivity (Wildman–Crippen MR) is 102 cm³/mol. The van der Waals surface area contributed by atoms with Gasteiger partial charge in [-0.3, -0.25) is 9.97 Å². The Morgan fingerprint density at radius 3 is 2.58 bits per heavy atom. The molecule has 0 bridgehead atoms. The van der Waals surface area contributed by atoms with Crippen LogP contribution >= 0.6 is 0 Å². The minimum atomic E-state index is -0.279. The van der Waals surface area contributed by atoms with Gasteiger partial charge in [-0.05, 0) is 42.8 Å². The first-order chi connectivity index (χ1) is 12.7. The quantitative estimate of drug-likeness (QED) is 0.580. The number of nitrogens with one attached hydrogen (secondary N) is 1. The van der Waals surface area contributed by atoms with E-state index in [4.69, 9.17) is 0 Å². The molecule has 2 N–H and O–H groups in total. The lowest BCUT2D eigenvalue weighted by Gasteiger charge is -2.22. The van der Waals surface area contributed by atoms with Crippen molar-refractivity contribution in [1.29, 1.82) is 0 Å². The standard InChI is InChI=1S/C21H18N4O/c1-14-4-2-6-18(24-14)25-19(16-9-12-22-13-10-16)17-8-7-15-5-3-11-23-20(15)21(17)26/h2-13,19,26H,1H3,(H,24,25)/t19-/m1/s1. The molecule has 0 unspecified atom stereocenters. The summed E-state index contributed by atoms with van der Waals surface area (Å²) in [5.74, 6) is 0.914. The number of phenols is 1. The Morgan fingerprint density at radius 1 is 0.923 bits per heavy atom. The number of hydrogen-bond donors (Lipinski definition) is 2. The normalized spacial score (nSPS) is 12.0. The van der Waals surface area contributed by atoms with E-state index >= 15 is 0 Å². The number of benzene rings is 1. The highest BCUT2D eigenvalue weighted by Crippen LogP contribution is 2.35. The molecule has 0 amide bonds. The Kier molecular flexibility index (Phi) is 4.19. The number of phenolic OH excluding ortho intramolecular Hbond substituents is 1. The second kappa shape index (κ2) is 6.80. The topological polar surface area (TPSA) is 70.9 Å². The van der Waals surface area contributed by atoms with Crippen molar-refractivity contribution in [2.75, 3.05) is 5.32 Å². The summed E-state index contributed by atoms with van der Waals surface area (Å²) in [6.07, 6.45) is 5.16. The highest BCUT2D eigenvalue weighted by Gasteiger charge is 2.20. The number of aryl methyl sites for hydroxylation is 1. The van der Waals surface area contributed by atoms with Gasteiger partial charge in [0, 0.05) is 35.2 Å². The lowest BCUT2D eigenvalue weighted by molar-refractivity contribution is 0.471. The van der Waals surface area contributed by atoms with Crippen molar-refractivity contribution in [3.63, 3.8) is 0 Å². The zero-order valence-corrected chi connectivity index (χ0v) is 14.3. The van der Waals surface area contributed by atoms with Crippen LogP contribution < -0.4 is 5.32 Å². The Balaban J connectivity index is 1.84. The average Bonchev–Trinajstić information content (AvgIpc) is 2.68. The summed E-state index contributed by atoms with van der Waals surface area (Å²) in [5, 5.41) is 15.2. The van der Waals surface area contributed by atoms with Crippen molar-refractivity contribution in [1.82, 2.24) is 15.0 Å². The molecule has 0 aliphatic rings. The van der Waals surface area contributed by atoms with Crippen LogP contribution in [0.5, 0.6) is 5.75 Å². The fraction of sp³-hybridized carbons (Fsp3) is 0.0952. The van der Waals surface area contributed by atoms with E-state index in [0.29, 0.717) is 5.52 Å². The zero-order valence-electron chi connectivity index (χ0n) is 14.3. The van der Waals surface area contributed by atoms with Gasteiger partial charge in [0.1, 0.15) is 17.1 Å². The first kappa shape index (κ1) is 16.0. The largest absolute Gasteiger partial charge is 0.505 e. The average molecular weight is 342 g/mol. The molecule has 26 heavy (non-hydrogen) atoms. The number of rotatable bonds is 4. The molecular weight excluding hydrogens is 324 g/mol. The van der Waals surface area contributed by atoms with Crippen LogP contribution in [0.15, 0.2) is 73.2 Å². The molecule has 4 rings (SSSR count). The van der Waals surface area contributed by atoms with Gasteiger partial charge in [0.25, 0.3) is 0 Å². The molecule has 3 aromatic heterocycles. The molecule has 5 heteroatoms. The molecule has 5 nitrogen and oxygen atoms in total. The van der Waals surface area contributed by atoms with E-state index in [-0.39, 0.29) is 11.8 Å². The number of fused-ring (bicyclic) bond motifs is 1. The molecule has 3 heterocycles. The monoisotopic (exact) mass is 342 g/mol. The molecule has 0 radical (unpaired) electrons. The van der Waals surface area contributed by atoms with Gasteiger partial charge < -0.3 is 10.4 Å². The molecule has 0 fully saturated rings. The van der Waals surface area contributed by atoms with Gasteiger partial charge >= 0.3 is 0 Å². The highest BCUT2D eigenvalue weighted by atomic mass is 16.3. The molecule has 1 aromatic carbocycles. The summed E-state index contributed by atoms with van der Waals surface area (Å²) >= 11 is 0. The van der Waals surface area contributed by atoms with Crippen molar-refractivity contribution in [2.45, 2.75) is 13.0 Å². The number of pyridine rings is 3. The number of nitrogens with zero attached hydrogens (tertiary/aromatic N) is 3. The Bertz CT molecular complexity index is 1050. The molecule has 0 spiro atoms. The van der Waals surface area contributed by atoms with Crippen LogP contribution in [-0.4, -0.2) is 20.1 Å². The second-order valence-corrected chi connectivity index (χ2v) is 6.10. The van der Waals surface area contributed by atoms with Gasteiger partial charge in [-0.25, -0.2) is 4.98 Å². The number of anilines is 1. The van der Waals surface area contributed by atoms with Crippen LogP contribution in [0, 0.1) is 6.92 Å². The molecule has 0 aliphatic carbocycles. The third-order valence-electron chi connectivity index (χ3n) is 4.31. The molecular formula is C21H18N4O. The summed E-state index contributed by atoms with van der Waals surface area (Å²) in [7, 11) is 0. The van der Waals surface area contributed by atoms with E-state index in [1.807, 2.05) is 61.5 Å². The highest BCUT2D eigenvalue weighted by molar-refractivity contribution is 5.86. The van der Waals surface area contributed by atoms with Crippen molar-refractivity contribution in [3.8, 4) is 5.75 Å². The lowest BCUT2D eigenvalue weighted by atomic mass is 9.97. The maximum Gasteiger partial charge on any atom is 0.147 e. The first-order valence-electron chi connectivity index (χ1n) is 8.39. The van der Waals surface area contributed by atoms with Gasteiger partial charge in [0.2, 0.25) is 0 Å². The van der Waals surface area contributed by atoms with Crippen LogP contribution in [0.25, 0.3) is 10.9 Å². The summed E-state index contributed by atoms with van der Waals surface area (Å²) in [6.45, 7) is 1.95. The molecule has 0 saturated heterocycles.